The van der Waals surface area contributed by atoms with Gasteiger partial charge in [0.2, 0.25) is 0 Å². The molecule has 0 saturated heterocycles. The van der Waals surface area contributed by atoms with Crippen LogP contribution >= 0.6 is 0 Å². The first-order valence-corrected chi connectivity index (χ1v) is 4.06. The molecule has 0 bridgehead atoms. The summed E-state index contributed by atoms with van der Waals surface area (Å²) in [4.78, 5) is 24.2. The van der Waals surface area contributed by atoms with Crippen LogP contribution in [0.3, 0.4) is 0 Å². The van der Waals surface area contributed by atoms with Crippen LogP contribution in [0.15, 0.2) is 18.5 Å². The van der Waals surface area contributed by atoms with Crippen molar-refractivity contribution in [2.45, 2.75) is 0 Å². The molecule has 0 aliphatic carbocycles. The van der Waals surface area contributed by atoms with E-state index in [2.05, 4.69) is 10.3 Å². The molecule has 0 aliphatic heterocycles. The molecule has 1 rings (SSSR count). The number of hydrogen-bond donors (Lipinski definition) is 1. The van der Waals surface area contributed by atoms with Crippen molar-refractivity contribution in [3.8, 4) is 5.75 Å². The molecule has 15 heavy (non-hydrogen) atoms. The maximum absolute atomic E-state index is 10.8. The van der Waals surface area contributed by atoms with Gasteiger partial charge in [0, 0.05) is 7.05 Å². The zero-order chi connectivity index (χ0) is 11.3. The standard InChI is InChI=1S/C8H9N3O4/c1-9-8(12)5-15-7-2-6(11(13)14)3-10-4-7/h2-4H,5H2,1H3,(H,9,12). The molecule has 1 amide bonds. The number of likely N-dealkylation sites (N-methyl/N-ethyl adjacent to an activating group) is 1. The third kappa shape index (κ3) is 3.22. The van der Waals surface area contributed by atoms with Crippen LogP contribution in [0.25, 0.3) is 0 Å². The van der Waals surface area contributed by atoms with Crippen LogP contribution in [0.4, 0.5) is 5.69 Å². The van der Waals surface area contributed by atoms with Gasteiger partial charge in [0.25, 0.3) is 11.6 Å². The Kier molecular flexibility index (Phi) is 3.55. The largest absolute Gasteiger partial charge is 0.482 e. The Morgan fingerprint density at radius 1 is 1.67 bits per heavy atom. The fraction of sp³-hybridized carbons (Fsp3) is 0.250. The molecule has 0 unspecified atom stereocenters. The van der Waals surface area contributed by atoms with Gasteiger partial charge < -0.3 is 10.1 Å². The summed E-state index contributed by atoms with van der Waals surface area (Å²) in [6.07, 6.45) is 2.41. The minimum absolute atomic E-state index is 0.176. The third-order valence-electron chi connectivity index (χ3n) is 1.56. The zero-order valence-corrected chi connectivity index (χ0v) is 7.97. The van der Waals surface area contributed by atoms with E-state index in [1.165, 1.54) is 19.3 Å². The number of nitro groups is 1. The van der Waals surface area contributed by atoms with Gasteiger partial charge in [0.05, 0.1) is 17.2 Å². The quantitative estimate of drug-likeness (QED) is 0.563. The maximum atomic E-state index is 10.8. The Balaban J connectivity index is 2.66. The highest BCUT2D eigenvalue weighted by Gasteiger charge is 2.08. The van der Waals surface area contributed by atoms with Gasteiger partial charge in [-0.2, -0.15) is 0 Å². The van der Waals surface area contributed by atoms with Crippen molar-refractivity contribution in [3.63, 3.8) is 0 Å². The number of rotatable bonds is 4. The van der Waals surface area contributed by atoms with Crippen molar-refractivity contribution in [2.75, 3.05) is 13.7 Å². The molecule has 0 fully saturated rings. The molecule has 0 aliphatic rings. The molecule has 7 nitrogen and oxygen atoms in total. The lowest BCUT2D eigenvalue weighted by molar-refractivity contribution is -0.385. The molecule has 0 saturated carbocycles. The van der Waals surface area contributed by atoms with Gasteiger partial charge in [-0.25, -0.2) is 0 Å². The molecule has 1 N–H and O–H groups in total. The van der Waals surface area contributed by atoms with Crippen LogP contribution in [0.5, 0.6) is 5.75 Å². The number of carbonyl (C=O) groups excluding carboxylic acids is 1. The van der Waals surface area contributed by atoms with E-state index in [1.54, 1.807) is 0 Å². The van der Waals surface area contributed by atoms with Gasteiger partial charge in [0.1, 0.15) is 11.9 Å². The molecule has 1 heterocycles. The van der Waals surface area contributed by atoms with Gasteiger partial charge in [0.15, 0.2) is 6.61 Å². The van der Waals surface area contributed by atoms with Crippen LogP contribution < -0.4 is 10.1 Å². The van der Waals surface area contributed by atoms with Crippen LogP contribution in [-0.4, -0.2) is 29.5 Å². The summed E-state index contributed by atoms with van der Waals surface area (Å²) in [5.74, 6) is -0.130. The van der Waals surface area contributed by atoms with Crippen molar-refractivity contribution < 1.29 is 14.5 Å². The van der Waals surface area contributed by atoms with Gasteiger partial charge >= 0.3 is 0 Å². The lowest BCUT2D eigenvalue weighted by Crippen LogP contribution is -2.24. The monoisotopic (exact) mass is 211 g/mol. The molecular formula is C8H9N3O4. The highest BCUT2D eigenvalue weighted by atomic mass is 16.6. The summed E-state index contributed by atoms with van der Waals surface area (Å²) >= 11 is 0. The van der Waals surface area contributed by atoms with Crippen LogP contribution in [0, 0.1) is 10.1 Å². The summed E-state index contributed by atoms with van der Waals surface area (Å²) in [7, 11) is 1.47. The van der Waals surface area contributed by atoms with E-state index in [4.69, 9.17) is 4.74 Å². The normalized spacial score (nSPS) is 9.40. The van der Waals surface area contributed by atoms with E-state index in [9.17, 15) is 14.9 Å². The van der Waals surface area contributed by atoms with Crippen molar-refractivity contribution in [1.82, 2.24) is 10.3 Å². The van der Waals surface area contributed by atoms with E-state index >= 15 is 0 Å². The average molecular weight is 211 g/mol. The fourth-order valence-corrected chi connectivity index (χ4v) is 0.807. The average Bonchev–Trinajstić information content (AvgIpc) is 2.26. The minimum atomic E-state index is -0.584. The number of carbonyl (C=O) groups is 1. The van der Waals surface area contributed by atoms with Crippen molar-refractivity contribution >= 4 is 11.6 Å². The molecular weight excluding hydrogens is 202 g/mol. The fourth-order valence-electron chi connectivity index (χ4n) is 0.807. The second-order valence-electron chi connectivity index (χ2n) is 2.60. The summed E-state index contributed by atoms with van der Waals surface area (Å²) in [6.45, 7) is -0.195. The topological polar surface area (TPSA) is 94.4 Å². The summed E-state index contributed by atoms with van der Waals surface area (Å²) in [5, 5.41) is 12.7. The number of nitrogens with one attached hydrogen (secondary N) is 1. The van der Waals surface area contributed by atoms with Crippen LogP contribution in [0.2, 0.25) is 0 Å². The minimum Gasteiger partial charge on any atom is -0.482 e. The zero-order valence-electron chi connectivity index (χ0n) is 7.97. The number of aromatic nitrogens is 1. The molecule has 7 heteroatoms. The van der Waals surface area contributed by atoms with Crippen molar-refractivity contribution in [1.29, 1.82) is 0 Å². The Morgan fingerprint density at radius 2 is 2.40 bits per heavy atom. The van der Waals surface area contributed by atoms with E-state index in [0.29, 0.717) is 0 Å². The van der Waals surface area contributed by atoms with Crippen molar-refractivity contribution in [3.05, 3.63) is 28.6 Å². The summed E-state index contributed by atoms with van der Waals surface area (Å²) < 4.78 is 4.97. The van der Waals surface area contributed by atoms with Crippen LogP contribution in [-0.2, 0) is 4.79 Å². The van der Waals surface area contributed by atoms with Crippen molar-refractivity contribution in [2.24, 2.45) is 0 Å². The second kappa shape index (κ2) is 4.89. The lowest BCUT2D eigenvalue weighted by atomic mass is 10.4. The first-order valence-electron chi connectivity index (χ1n) is 4.06. The number of pyridine rings is 1. The Bertz CT molecular complexity index is 380. The van der Waals surface area contributed by atoms with E-state index in [0.717, 1.165) is 6.20 Å². The molecule has 1 aromatic heterocycles. The maximum Gasteiger partial charge on any atom is 0.291 e. The predicted molar refractivity (Wildman–Crippen MR) is 50.5 cm³/mol. The van der Waals surface area contributed by atoms with Gasteiger partial charge in [-0.3, -0.25) is 19.9 Å². The number of nitrogens with zero attached hydrogens (tertiary/aromatic N) is 2. The Hall–Kier alpha value is -2.18. The van der Waals surface area contributed by atoms with Gasteiger partial charge in [-0.1, -0.05) is 0 Å². The SMILES string of the molecule is CNC(=O)COc1cncc([N+](=O)[O-])c1. The first-order chi connectivity index (χ1) is 7.13. The highest BCUT2D eigenvalue weighted by Crippen LogP contribution is 2.16. The second-order valence-corrected chi connectivity index (χ2v) is 2.60. The number of amides is 1. The molecule has 0 aromatic carbocycles. The van der Waals surface area contributed by atoms with Gasteiger partial charge in [-0.15, -0.1) is 0 Å². The lowest BCUT2D eigenvalue weighted by Gasteiger charge is -2.03. The highest BCUT2D eigenvalue weighted by molar-refractivity contribution is 5.77. The Labute approximate surface area is 85.2 Å². The summed E-state index contributed by atoms with van der Waals surface area (Å²) in [5.41, 5.74) is -0.176. The number of ether oxygens (including phenoxy) is 1. The Morgan fingerprint density at radius 3 is 3.00 bits per heavy atom. The van der Waals surface area contributed by atoms with Gasteiger partial charge in [-0.05, 0) is 0 Å². The van der Waals surface area contributed by atoms with E-state index in [1.807, 2.05) is 0 Å². The third-order valence-corrected chi connectivity index (χ3v) is 1.56. The van der Waals surface area contributed by atoms with Crippen LogP contribution in [0.1, 0.15) is 0 Å². The molecule has 0 radical (unpaired) electrons. The van der Waals surface area contributed by atoms with E-state index < -0.39 is 4.92 Å². The predicted octanol–water partition coefficient (Wildman–Crippen LogP) is 0.115. The number of hydrogen-bond acceptors (Lipinski definition) is 5. The first kappa shape index (κ1) is 10.9. The smallest absolute Gasteiger partial charge is 0.291 e. The summed E-state index contributed by atoms with van der Waals surface area (Å²) in [6, 6.07) is 1.20. The van der Waals surface area contributed by atoms with E-state index in [-0.39, 0.29) is 24.0 Å². The molecule has 0 spiro atoms. The molecule has 80 valence electrons. The molecule has 0 atom stereocenters. The molecule has 1 aromatic rings.